The van der Waals surface area contributed by atoms with Gasteiger partial charge >= 0.3 is 0 Å². The van der Waals surface area contributed by atoms with Crippen LogP contribution in [0.5, 0.6) is 5.75 Å². The van der Waals surface area contributed by atoms with Gasteiger partial charge in [0.2, 0.25) is 11.9 Å². The Hall–Kier alpha value is -4.84. The van der Waals surface area contributed by atoms with Gasteiger partial charge < -0.3 is 24.8 Å². The van der Waals surface area contributed by atoms with Gasteiger partial charge in [-0.1, -0.05) is 6.58 Å². The van der Waals surface area contributed by atoms with Gasteiger partial charge in [-0.15, -0.1) is 0 Å². The normalized spacial score (nSPS) is 10.6. The Kier molecular flexibility index (Phi) is 7.11. The maximum atomic E-state index is 12.1. The molecule has 0 saturated heterocycles. The summed E-state index contributed by atoms with van der Waals surface area (Å²) in [6.07, 6.45) is 4.86. The summed E-state index contributed by atoms with van der Waals surface area (Å²) in [5.41, 5.74) is 5.86. The average molecular weight is 495 g/mol. The number of amides is 1. The number of anilines is 4. The summed E-state index contributed by atoms with van der Waals surface area (Å²) in [6.45, 7) is 9.95. The van der Waals surface area contributed by atoms with Crippen molar-refractivity contribution in [2.24, 2.45) is 7.05 Å². The van der Waals surface area contributed by atoms with Crippen molar-refractivity contribution in [1.29, 1.82) is 5.26 Å². The molecule has 0 saturated carbocycles. The molecule has 1 radical (unpaired) electrons. The van der Waals surface area contributed by atoms with Gasteiger partial charge in [0.05, 0.1) is 40.9 Å². The lowest BCUT2D eigenvalue weighted by atomic mass is 10.0. The number of aryl methyl sites for hydroxylation is 2. The molecule has 187 valence electrons. The van der Waals surface area contributed by atoms with E-state index in [1.807, 2.05) is 48.8 Å². The number of hydrogen-bond acceptors (Lipinski definition) is 7. The molecule has 2 aromatic heterocycles. The van der Waals surface area contributed by atoms with Gasteiger partial charge in [-0.3, -0.25) is 4.79 Å². The van der Waals surface area contributed by atoms with Crippen LogP contribution in [0, 0.1) is 25.2 Å². The number of carbonyl (C=O) groups is 1. The molecule has 9 heteroatoms. The molecule has 2 aromatic carbocycles. The Balaban J connectivity index is 1.76. The van der Waals surface area contributed by atoms with Gasteiger partial charge in [-0.25, -0.2) is 9.97 Å². The van der Waals surface area contributed by atoms with Crippen LogP contribution in [-0.4, -0.2) is 41.1 Å². The molecule has 0 fully saturated rings. The number of rotatable bonds is 8. The van der Waals surface area contributed by atoms with Gasteiger partial charge in [0.1, 0.15) is 11.8 Å². The number of nitrogens with zero attached hydrogens (tertiary/aromatic N) is 5. The minimum atomic E-state index is -0.340. The SMILES string of the molecule is [CH2]CN(C)c1cc(OC)c(Nc2nccc(-c3cc(C#N)c4c(c3)c(C)cn4C)n2)cc1NC(=O)C=C. The summed E-state index contributed by atoms with van der Waals surface area (Å²) in [4.78, 5) is 23.0. The van der Waals surface area contributed by atoms with Gasteiger partial charge in [0.15, 0.2) is 0 Å². The zero-order valence-electron chi connectivity index (χ0n) is 21.3. The Morgan fingerprint density at radius 1 is 1.30 bits per heavy atom. The molecule has 37 heavy (non-hydrogen) atoms. The predicted octanol–water partition coefficient (Wildman–Crippen LogP) is 4.96. The van der Waals surface area contributed by atoms with Crippen LogP contribution >= 0.6 is 0 Å². The summed E-state index contributed by atoms with van der Waals surface area (Å²) < 4.78 is 7.57. The predicted molar refractivity (Wildman–Crippen MR) is 147 cm³/mol. The standard InChI is InChI=1S/C28H28N7O2/c1-7-26(36)31-22-13-23(25(37-6)14-24(22)34(4)8-2)33-28-30-10-9-21(32-28)18-11-19(15-29)27-20(12-18)17(3)16-35(27)5/h7,9-14,16H,1-2,8H2,3-6H3,(H,31,36)(H,30,32,33). The van der Waals surface area contributed by atoms with Crippen LogP contribution in [0.15, 0.2) is 55.4 Å². The Morgan fingerprint density at radius 2 is 2.08 bits per heavy atom. The Morgan fingerprint density at radius 3 is 2.76 bits per heavy atom. The number of benzene rings is 2. The first-order valence-corrected chi connectivity index (χ1v) is 11.6. The van der Waals surface area contributed by atoms with Gasteiger partial charge in [0.25, 0.3) is 0 Å². The highest BCUT2D eigenvalue weighted by atomic mass is 16.5. The molecule has 4 aromatic rings. The molecule has 9 nitrogen and oxygen atoms in total. The first-order valence-electron chi connectivity index (χ1n) is 11.6. The monoisotopic (exact) mass is 494 g/mol. The molecule has 0 aliphatic rings. The molecule has 2 heterocycles. The van der Waals surface area contributed by atoms with E-state index in [0.717, 1.165) is 27.7 Å². The fourth-order valence-corrected chi connectivity index (χ4v) is 4.23. The van der Waals surface area contributed by atoms with Crippen molar-refractivity contribution in [3.8, 4) is 23.1 Å². The van der Waals surface area contributed by atoms with Crippen LogP contribution in [0.3, 0.4) is 0 Å². The number of hydrogen-bond donors (Lipinski definition) is 2. The Bertz CT molecular complexity index is 1550. The highest BCUT2D eigenvalue weighted by Gasteiger charge is 2.17. The van der Waals surface area contributed by atoms with Crippen LogP contribution in [-0.2, 0) is 11.8 Å². The smallest absolute Gasteiger partial charge is 0.247 e. The number of carbonyl (C=O) groups excluding carboxylic acids is 1. The molecular formula is C28H28N7O2. The molecular weight excluding hydrogens is 466 g/mol. The van der Waals surface area contributed by atoms with E-state index in [2.05, 4.69) is 35.2 Å². The van der Waals surface area contributed by atoms with E-state index in [9.17, 15) is 10.1 Å². The number of nitrogens with one attached hydrogen (secondary N) is 2. The summed E-state index contributed by atoms with van der Waals surface area (Å²) in [7, 11) is 5.36. The summed E-state index contributed by atoms with van der Waals surface area (Å²) in [6, 6.07) is 11.5. The van der Waals surface area contributed by atoms with E-state index in [1.54, 1.807) is 31.5 Å². The second-order valence-corrected chi connectivity index (χ2v) is 8.53. The second-order valence-electron chi connectivity index (χ2n) is 8.53. The summed E-state index contributed by atoms with van der Waals surface area (Å²) >= 11 is 0. The molecule has 0 spiro atoms. The lowest BCUT2D eigenvalue weighted by Gasteiger charge is -2.23. The van der Waals surface area contributed by atoms with Crippen molar-refractivity contribution < 1.29 is 9.53 Å². The zero-order chi connectivity index (χ0) is 26.7. The summed E-state index contributed by atoms with van der Waals surface area (Å²) in [5.74, 6) is 0.528. The van der Waals surface area contributed by atoms with E-state index >= 15 is 0 Å². The van der Waals surface area contributed by atoms with Crippen molar-refractivity contribution in [3.63, 3.8) is 0 Å². The summed E-state index contributed by atoms with van der Waals surface area (Å²) in [5, 5.41) is 16.8. The number of nitriles is 1. The first-order chi connectivity index (χ1) is 17.8. The van der Waals surface area contributed by atoms with Crippen molar-refractivity contribution in [3.05, 3.63) is 73.4 Å². The van der Waals surface area contributed by atoms with Crippen LogP contribution in [0.25, 0.3) is 22.2 Å². The number of fused-ring (bicyclic) bond motifs is 1. The van der Waals surface area contributed by atoms with Crippen LogP contribution in [0.1, 0.15) is 11.1 Å². The molecule has 0 aliphatic carbocycles. The topological polar surface area (TPSA) is 108 Å². The molecule has 2 N–H and O–H groups in total. The fourth-order valence-electron chi connectivity index (χ4n) is 4.23. The number of methoxy groups -OCH3 is 1. The molecule has 0 aliphatic heterocycles. The third kappa shape index (κ3) is 4.95. The van der Waals surface area contributed by atoms with E-state index in [1.165, 1.54) is 6.08 Å². The van der Waals surface area contributed by atoms with Crippen LogP contribution in [0.4, 0.5) is 23.0 Å². The molecule has 1 amide bonds. The average Bonchev–Trinajstić information content (AvgIpc) is 3.20. The largest absolute Gasteiger partial charge is 0.494 e. The maximum Gasteiger partial charge on any atom is 0.247 e. The van der Waals surface area contributed by atoms with Gasteiger partial charge in [-0.05, 0) is 49.8 Å². The van der Waals surface area contributed by atoms with E-state index in [4.69, 9.17) is 9.72 Å². The Labute approximate surface area is 216 Å². The fraction of sp³-hybridized carbons (Fsp3) is 0.179. The van der Waals surface area contributed by atoms with Crippen molar-refractivity contribution in [2.75, 3.05) is 36.2 Å². The molecule has 0 bridgehead atoms. The quantitative estimate of drug-likeness (QED) is 0.333. The lowest BCUT2D eigenvalue weighted by Crippen LogP contribution is -2.19. The van der Waals surface area contributed by atoms with Crippen LogP contribution in [0.2, 0.25) is 0 Å². The molecule has 4 rings (SSSR count). The molecule has 0 atom stereocenters. The minimum Gasteiger partial charge on any atom is -0.494 e. The zero-order valence-corrected chi connectivity index (χ0v) is 21.3. The van der Waals surface area contributed by atoms with Gasteiger partial charge in [-0.2, -0.15) is 5.26 Å². The van der Waals surface area contributed by atoms with Crippen molar-refractivity contribution in [1.82, 2.24) is 14.5 Å². The van der Waals surface area contributed by atoms with Crippen molar-refractivity contribution in [2.45, 2.75) is 6.92 Å². The van der Waals surface area contributed by atoms with E-state index < -0.39 is 0 Å². The highest BCUT2D eigenvalue weighted by molar-refractivity contribution is 6.02. The maximum absolute atomic E-state index is 12.1. The lowest BCUT2D eigenvalue weighted by molar-refractivity contribution is -0.111. The third-order valence-corrected chi connectivity index (χ3v) is 6.10. The van der Waals surface area contributed by atoms with Crippen LogP contribution < -0.4 is 20.3 Å². The van der Waals surface area contributed by atoms with Gasteiger partial charge in [0, 0.05) is 50.0 Å². The highest BCUT2D eigenvalue weighted by Crippen LogP contribution is 2.38. The van der Waals surface area contributed by atoms with Crippen molar-refractivity contribution >= 4 is 39.8 Å². The number of ether oxygens (including phenoxy) is 1. The van der Waals surface area contributed by atoms with E-state index in [-0.39, 0.29) is 5.91 Å². The minimum absolute atomic E-state index is 0.332. The first kappa shape index (κ1) is 25.3. The third-order valence-electron chi connectivity index (χ3n) is 6.10. The molecule has 0 unspecified atom stereocenters. The number of aromatic nitrogens is 3. The second kappa shape index (κ2) is 10.4. The van der Waals surface area contributed by atoms with E-state index in [0.29, 0.717) is 40.9 Å².